The zero-order valence-corrected chi connectivity index (χ0v) is 12.9. The Hall–Kier alpha value is -1.79. The number of esters is 1. The number of carboxylic acids is 1. The summed E-state index contributed by atoms with van der Waals surface area (Å²) in [7, 11) is 0. The number of urea groups is 1. The van der Waals surface area contributed by atoms with E-state index in [1.54, 1.807) is 20.8 Å². The summed E-state index contributed by atoms with van der Waals surface area (Å²) in [5.41, 5.74) is 0. The maximum absolute atomic E-state index is 12.6. The van der Waals surface area contributed by atoms with Crippen molar-refractivity contribution in [3.63, 3.8) is 0 Å². The van der Waals surface area contributed by atoms with E-state index in [0.717, 1.165) is 12.8 Å². The number of ether oxygens (including phenoxy) is 1. The van der Waals surface area contributed by atoms with E-state index in [1.807, 2.05) is 0 Å². The molecule has 7 nitrogen and oxygen atoms in total. The lowest BCUT2D eigenvalue weighted by molar-refractivity contribution is -0.149. The van der Waals surface area contributed by atoms with Crippen LogP contribution in [0.25, 0.3) is 0 Å². The second-order valence-electron chi connectivity index (χ2n) is 5.35. The van der Waals surface area contributed by atoms with Gasteiger partial charge in [0, 0.05) is 12.6 Å². The Morgan fingerprint density at radius 2 is 2.00 bits per heavy atom. The van der Waals surface area contributed by atoms with Gasteiger partial charge >= 0.3 is 18.0 Å². The molecule has 0 spiro atoms. The standard InChI is InChI=1S/C14H24N2O5/c1-4-21-13(19)11-7-5-6-8-15(11)14(20)16(10(2)3)9-12(17)18/h10-11H,4-9H2,1-3H3,(H,17,18). The van der Waals surface area contributed by atoms with Crippen molar-refractivity contribution in [3.8, 4) is 0 Å². The van der Waals surface area contributed by atoms with E-state index in [0.29, 0.717) is 13.0 Å². The van der Waals surface area contributed by atoms with Crippen molar-refractivity contribution in [2.45, 2.75) is 52.1 Å². The minimum atomic E-state index is -1.07. The fourth-order valence-corrected chi connectivity index (χ4v) is 2.43. The van der Waals surface area contributed by atoms with Crippen molar-refractivity contribution in [2.24, 2.45) is 0 Å². The fourth-order valence-electron chi connectivity index (χ4n) is 2.43. The highest BCUT2D eigenvalue weighted by Gasteiger charge is 2.36. The molecule has 1 saturated heterocycles. The van der Waals surface area contributed by atoms with E-state index in [1.165, 1.54) is 9.80 Å². The fraction of sp³-hybridized carbons (Fsp3) is 0.786. The Labute approximate surface area is 124 Å². The van der Waals surface area contributed by atoms with Gasteiger partial charge in [0.05, 0.1) is 6.61 Å². The van der Waals surface area contributed by atoms with Gasteiger partial charge in [-0.1, -0.05) is 0 Å². The van der Waals surface area contributed by atoms with Gasteiger partial charge in [-0.3, -0.25) is 4.79 Å². The van der Waals surface area contributed by atoms with E-state index >= 15 is 0 Å². The van der Waals surface area contributed by atoms with Gasteiger partial charge in [-0.25, -0.2) is 9.59 Å². The number of piperidine rings is 1. The summed E-state index contributed by atoms with van der Waals surface area (Å²) in [5, 5.41) is 8.94. The van der Waals surface area contributed by atoms with Crippen LogP contribution in [0.3, 0.4) is 0 Å². The molecule has 1 aliphatic rings. The lowest BCUT2D eigenvalue weighted by atomic mass is 10.0. The highest BCUT2D eigenvalue weighted by Crippen LogP contribution is 2.20. The number of aliphatic carboxylic acids is 1. The summed E-state index contributed by atoms with van der Waals surface area (Å²) in [6, 6.07) is -1.27. The zero-order chi connectivity index (χ0) is 16.0. The third kappa shape index (κ3) is 4.61. The molecule has 0 aromatic heterocycles. The first-order valence-corrected chi connectivity index (χ1v) is 7.34. The lowest BCUT2D eigenvalue weighted by Gasteiger charge is -2.38. The molecule has 1 unspecified atom stereocenters. The average molecular weight is 300 g/mol. The number of carbonyl (C=O) groups excluding carboxylic acids is 2. The molecule has 0 saturated carbocycles. The minimum absolute atomic E-state index is 0.252. The molecule has 0 aliphatic carbocycles. The van der Waals surface area contributed by atoms with Crippen molar-refractivity contribution >= 4 is 18.0 Å². The molecule has 0 aromatic rings. The van der Waals surface area contributed by atoms with Crippen LogP contribution in [0.4, 0.5) is 4.79 Å². The Kier molecular flexibility index (Phi) is 6.45. The van der Waals surface area contributed by atoms with Gasteiger partial charge in [-0.15, -0.1) is 0 Å². The predicted molar refractivity (Wildman–Crippen MR) is 75.9 cm³/mol. The second-order valence-corrected chi connectivity index (χ2v) is 5.35. The molecule has 2 amide bonds. The average Bonchev–Trinajstić information content (AvgIpc) is 2.44. The third-order valence-corrected chi connectivity index (χ3v) is 3.48. The van der Waals surface area contributed by atoms with Gasteiger partial charge in [-0.05, 0) is 40.0 Å². The van der Waals surface area contributed by atoms with Crippen LogP contribution in [0, 0.1) is 0 Å². The molecule has 21 heavy (non-hydrogen) atoms. The highest BCUT2D eigenvalue weighted by atomic mass is 16.5. The molecule has 1 heterocycles. The van der Waals surface area contributed by atoms with Gasteiger partial charge in [0.15, 0.2) is 0 Å². The number of amides is 2. The van der Waals surface area contributed by atoms with Crippen molar-refractivity contribution in [1.29, 1.82) is 0 Å². The van der Waals surface area contributed by atoms with Gasteiger partial charge in [0.1, 0.15) is 12.6 Å². The molecule has 1 N–H and O–H groups in total. The maximum atomic E-state index is 12.6. The molecule has 1 rings (SSSR count). The quantitative estimate of drug-likeness (QED) is 0.774. The summed E-state index contributed by atoms with van der Waals surface area (Å²) in [6.45, 7) is 5.57. The molecule has 1 aliphatic heterocycles. The van der Waals surface area contributed by atoms with Gasteiger partial charge < -0.3 is 19.6 Å². The summed E-state index contributed by atoms with van der Waals surface area (Å²) < 4.78 is 5.02. The smallest absolute Gasteiger partial charge is 0.328 e. The van der Waals surface area contributed by atoms with Crippen LogP contribution < -0.4 is 0 Å². The number of rotatable bonds is 5. The monoisotopic (exact) mass is 300 g/mol. The SMILES string of the molecule is CCOC(=O)C1CCCCN1C(=O)N(CC(=O)O)C(C)C. The van der Waals surface area contributed by atoms with Crippen LogP contribution in [-0.4, -0.2) is 64.7 Å². The van der Waals surface area contributed by atoms with Crippen molar-refractivity contribution in [1.82, 2.24) is 9.80 Å². The van der Waals surface area contributed by atoms with E-state index in [4.69, 9.17) is 9.84 Å². The Morgan fingerprint density at radius 3 is 2.52 bits per heavy atom. The van der Waals surface area contributed by atoms with Crippen LogP contribution in [0.1, 0.15) is 40.0 Å². The largest absolute Gasteiger partial charge is 0.480 e. The predicted octanol–water partition coefficient (Wildman–Crippen LogP) is 1.32. The van der Waals surface area contributed by atoms with E-state index in [2.05, 4.69) is 0 Å². The van der Waals surface area contributed by atoms with Crippen molar-refractivity contribution in [2.75, 3.05) is 19.7 Å². The number of likely N-dealkylation sites (tertiary alicyclic amines) is 1. The molecule has 0 aromatic carbocycles. The van der Waals surface area contributed by atoms with E-state index in [9.17, 15) is 14.4 Å². The first-order chi connectivity index (χ1) is 9.88. The van der Waals surface area contributed by atoms with E-state index in [-0.39, 0.29) is 19.2 Å². The number of hydrogen-bond donors (Lipinski definition) is 1. The number of carbonyl (C=O) groups is 3. The summed E-state index contributed by atoms with van der Waals surface area (Å²) in [5.74, 6) is -1.48. The molecule has 1 fully saturated rings. The number of hydrogen-bond acceptors (Lipinski definition) is 4. The maximum Gasteiger partial charge on any atom is 0.328 e. The summed E-state index contributed by atoms with van der Waals surface area (Å²) in [4.78, 5) is 38.2. The van der Waals surface area contributed by atoms with Gasteiger partial charge in [-0.2, -0.15) is 0 Å². The molecule has 1 atom stereocenters. The summed E-state index contributed by atoms with van der Waals surface area (Å²) >= 11 is 0. The van der Waals surface area contributed by atoms with Crippen LogP contribution in [0.15, 0.2) is 0 Å². The van der Waals surface area contributed by atoms with Gasteiger partial charge in [0.2, 0.25) is 0 Å². The normalized spacial score (nSPS) is 18.5. The molecular formula is C14H24N2O5. The summed E-state index contributed by atoms with van der Waals surface area (Å²) in [6.07, 6.45) is 2.22. The van der Waals surface area contributed by atoms with Crippen LogP contribution in [0.2, 0.25) is 0 Å². The number of nitrogens with zero attached hydrogens (tertiary/aromatic N) is 2. The highest BCUT2D eigenvalue weighted by molar-refractivity contribution is 5.86. The lowest BCUT2D eigenvalue weighted by Crippen LogP contribution is -2.55. The first-order valence-electron chi connectivity index (χ1n) is 7.34. The zero-order valence-electron chi connectivity index (χ0n) is 12.9. The second kappa shape index (κ2) is 7.85. The number of carboxylic acid groups (broad SMARTS) is 1. The molecule has 7 heteroatoms. The Morgan fingerprint density at radius 1 is 1.33 bits per heavy atom. The van der Waals surface area contributed by atoms with Crippen molar-refractivity contribution in [3.05, 3.63) is 0 Å². The molecule has 120 valence electrons. The Balaban J connectivity index is 2.88. The topological polar surface area (TPSA) is 87.2 Å². The molecule has 0 bridgehead atoms. The van der Waals surface area contributed by atoms with Crippen molar-refractivity contribution < 1.29 is 24.2 Å². The van der Waals surface area contributed by atoms with Gasteiger partial charge in [0.25, 0.3) is 0 Å². The first kappa shape index (κ1) is 17.3. The third-order valence-electron chi connectivity index (χ3n) is 3.48. The van der Waals surface area contributed by atoms with Crippen LogP contribution in [-0.2, 0) is 14.3 Å². The molecule has 0 radical (unpaired) electrons. The Bertz CT molecular complexity index is 397. The molecular weight excluding hydrogens is 276 g/mol. The minimum Gasteiger partial charge on any atom is -0.480 e. The van der Waals surface area contributed by atoms with Crippen LogP contribution >= 0.6 is 0 Å². The van der Waals surface area contributed by atoms with Crippen LogP contribution in [0.5, 0.6) is 0 Å². The van der Waals surface area contributed by atoms with E-state index < -0.39 is 24.0 Å².